The van der Waals surface area contributed by atoms with Gasteiger partial charge in [-0.15, -0.1) is 0 Å². The number of benzene rings is 1. The number of morpholine rings is 1. The molecule has 0 spiro atoms. The summed E-state index contributed by atoms with van der Waals surface area (Å²) in [5.41, 5.74) is 2.94. The number of halogens is 1. The van der Waals surface area contributed by atoms with E-state index in [0.717, 1.165) is 77.9 Å². The van der Waals surface area contributed by atoms with Crippen molar-refractivity contribution in [2.24, 2.45) is 0 Å². The molecular formula is C25H27ClN4O2S. The van der Waals surface area contributed by atoms with Crippen molar-refractivity contribution in [3.63, 3.8) is 0 Å². The van der Waals surface area contributed by atoms with Crippen LogP contribution in [0.3, 0.4) is 0 Å². The molecule has 2 fully saturated rings. The van der Waals surface area contributed by atoms with Gasteiger partial charge in [-0.05, 0) is 55.0 Å². The zero-order valence-corrected chi connectivity index (χ0v) is 20.1. The summed E-state index contributed by atoms with van der Waals surface area (Å²) in [5.74, 6) is 1.64. The highest BCUT2D eigenvalue weighted by atomic mass is 35.5. The van der Waals surface area contributed by atoms with Gasteiger partial charge in [0.15, 0.2) is 5.11 Å². The highest BCUT2D eigenvalue weighted by Gasteiger charge is 2.41. The molecule has 8 heteroatoms. The van der Waals surface area contributed by atoms with E-state index in [1.54, 1.807) is 0 Å². The van der Waals surface area contributed by atoms with Gasteiger partial charge in [0.05, 0.1) is 24.9 Å². The van der Waals surface area contributed by atoms with Crippen LogP contribution in [0.2, 0.25) is 5.02 Å². The van der Waals surface area contributed by atoms with Gasteiger partial charge in [0, 0.05) is 43.0 Å². The Morgan fingerprint density at radius 1 is 1.12 bits per heavy atom. The van der Waals surface area contributed by atoms with Crippen molar-refractivity contribution in [3.8, 4) is 11.3 Å². The minimum absolute atomic E-state index is 0.0935. The first-order valence-corrected chi connectivity index (χ1v) is 12.0. The van der Waals surface area contributed by atoms with Crippen LogP contribution >= 0.6 is 23.8 Å². The van der Waals surface area contributed by atoms with Gasteiger partial charge < -0.3 is 19.4 Å². The van der Waals surface area contributed by atoms with Crippen LogP contribution in [-0.2, 0) is 4.74 Å². The second kappa shape index (κ2) is 9.81. The lowest BCUT2D eigenvalue weighted by Crippen LogP contribution is -2.42. The SMILES string of the molecule is Cc1ccc(-c2ccc([C@@H]3[C@@H](c4ccccn4)NC(=S)N3CCN3CCOCC3)o2)cc1Cl. The predicted octanol–water partition coefficient (Wildman–Crippen LogP) is 4.61. The van der Waals surface area contributed by atoms with Gasteiger partial charge in [-0.2, -0.15) is 0 Å². The summed E-state index contributed by atoms with van der Waals surface area (Å²) in [6.07, 6.45) is 1.81. The van der Waals surface area contributed by atoms with E-state index in [4.69, 9.17) is 33.0 Å². The van der Waals surface area contributed by atoms with E-state index in [2.05, 4.69) is 20.1 Å². The summed E-state index contributed by atoms with van der Waals surface area (Å²) in [5, 5.41) is 4.94. The van der Waals surface area contributed by atoms with Crippen molar-refractivity contribution in [1.82, 2.24) is 20.1 Å². The Balaban J connectivity index is 1.45. The fourth-order valence-electron chi connectivity index (χ4n) is 4.44. The van der Waals surface area contributed by atoms with Crippen LogP contribution in [0.4, 0.5) is 0 Å². The number of hydrogen-bond acceptors (Lipinski definition) is 5. The lowest BCUT2D eigenvalue weighted by molar-refractivity contribution is 0.0347. The molecule has 4 heterocycles. The molecule has 2 aliphatic rings. The number of ether oxygens (including phenoxy) is 1. The van der Waals surface area contributed by atoms with E-state index >= 15 is 0 Å². The molecule has 6 nitrogen and oxygen atoms in total. The molecule has 3 aromatic rings. The third kappa shape index (κ3) is 4.77. The summed E-state index contributed by atoms with van der Waals surface area (Å²) < 4.78 is 11.9. The van der Waals surface area contributed by atoms with Crippen LogP contribution in [-0.4, -0.2) is 59.3 Å². The largest absolute Gasteiger partial charge is 0.459 e. The molecule has 2 atom stereocenters. The number of hydrogen-bond donors (Lipinski definition) is 1. The summed E-state index contributed by atoms with van der Waals surface area (Å²) in [6, 6.07) is 15.8. The summed E-state index contributed by atoms with van der Waals surface area (Å²) in [6.45, 7) is 7.16. The van der Waals surface area contributed by atoms with E-state index in [1.165, 1.54) is 0 Å². The molecule has 0 amide bonds. The van der Waals surface area contributed by atoms with Gasteiger partial charge in [-0.25, -0.2) is 0 Å². The minimum Gasteiger partial charge on any atom is -0.459 e. The Labute approximate surface area is 204 Å². The number of thiocarbonyl (C=S) groups is 1. The van der Waals surface area contributed by atoms with Gasteiger partial charge in [0.25, 0.3) is 0 Å². The van der Waals surface area contributed by atoms with Crippen LogP contribution in [0.15, 0.2) is 59.1 Å². The molecule has 2 aliphatic heterocycles. The third-order valence-corrected chi connectivity index (χ3v) is 7.09. The highest BCUT2D eigenvalue weighted by Crippen LogP contribution is 2.40. The molecule has 0 aliphatic carbocycles. The molecule has 0 bridgehead atoms. The molecular weight excluding hydrogens is 456 g/mol. The van der Waals surface area contributed by atoms with Crippen LogP contribution in [0.1, 0.15) is 29.1 Å². The number of pyridine rings is 1. The van der Waals surface area contributed by atoms with Crippen molar-refractivity contribution in [1.29, 1.82) is 0 Å². The zero-order chi connectivity index (χ0) is 22.8. The van der Waals surface area contributed by atoms with Crippen LogP contribution in [0.5, 0.6) is 0 Å². The molecule has 0 unspecified atom stereocenters. The average Bonchev–Trinajstić information content (AvgIpc) is 3.45. The van der Waals surface area contributed by atoms with Crippen molar-refractivity contribution in [3.05, 3.63) is 76.8 Å². The second-order valence-electron chi connectivity index (χ2n) is 8.44. The lowest BCUT2D eigenvalue weighted by atomic mass is 10.0. The van der Waals surface area contributed by atoms with E-state index in [9.17, 15) is 0 Å². The van der Waals surface area contributed by atoms with Crippen molar-refractivity contribution in [2.45, 2.75) is 19.0 Å². The summed E-state index contributed by atoms with van der Waals surface area (Å²) >= 11 is 12.1. The molecule has 0 saturated carbocycles. The molecule has 1 aromatic carbocycles. The van der Waals surface area contributed by atoms with Gasteiger partial charge >= 0.3 is 0 Å². The molecule has 172 valence electrons. The van der Waals surface area contributed by atoms with Crippen LogP contribution in [0.25, 0.3) is 11.3 Å². The van der Waals surface area contributed by atoms with Crippen molar-refractivity contribution < 1.29 is 9.15 Å². The predicted molar refractivity (Wildman–Crippen MR) is 133 cm³/mol. The number of nitrogens with one attached hydrogen (secondary N) is 1. The monoisotopic (exact) mass is 482 g/mol. The zero-order valence-electron chi connectivity index (χ0n) is 18.5. The lowest BCUT2D eigenvalue weighted by Gasteiger charge is -2.31. The van der Waals surface area contributed by atoms with Crippen LogP contribution in [0, 0.1) is 6.92 Å². The Morgan fingerprint density at radius 3 is 2.73 bits per heavy atom. The molecule has 0 radical (unpaired) electrons. The first-order chi connectivity index (χ1) is 16.1. The van der Waals surface area contributed by atoms with Crippen LogP contribution < -0.4 is 5.32 Å². The average molecular weight is 483 g/mol. The highest BCUT2D eigenvalue weighted by molar-refractivity contribution is 7.80. The topological polar surface area (TPSA) is 53.8 Å². The fourth-order valence-corrected chi connectivity index (χ4v) is 4.95. The normalized spacial score (nSPS) is 21.4. The maximum atomic E-state index is 6.41. The molecule has 2 saturated heterocycles. The van der Waals surface area contributed by atoms with Gasteiger partial charge in [0.1, 0.15) is 17.6 Å². The Bertz CT molecular complexity index is 1120. The number of aryl methyl sites for hydroxylation is 1. The number of rotatable bonds is 6. The van der Waals surface area contributed by atoms with E-state index in [-0.39, 0.29) is 12.1 Å². The fraction of sp³-hybridized carbons (Fsp3) is 0.360. The van der Waals surface area contributed by atoms with Crippen molar-refractivity contribution >= 4 is 28.9 Å². The molecule has 33 heavy (non-hydrogen) atoms. The first kappa shape index (κ1) is 22.3. The smallest absolute Gasteiger partial charge is 0.170 e. The van der Waals surface area contributed by atoms with Gasteiger partial charge in [-0.1, -0.05) is 29.8 Å². The Hall–Kier alpha value is -2.45. The molecule has 5 rings (SSSR count). The van der Waals surface area contributed by atoms with Crippen molar-refractivity contribution in [2.75, 3.05) is 39.4 Å². The maximum Gasteiger partial charge on any atom is 0.170 e. The minimum atomic E-state index is -0.0943. The quantitative estimate of drug-likeness (QED) is 0.515. The number of nitrogens with zero attached hydrogens (tertiary/aromatic N) is 3. The second-order valence-corrected chi connectivity index (χ2v) is 9.23. The molecule has 2 aromatic heterocycles. The standard InChI is InChI=1S/C25H27ClN4O2S/c1-17-5-6-18(16-19(17)26)21-7-8-22(32-21)24-23(20-4-2-3-9-27-20)28-25(33)30(24)11-10-29-12-14-31-15-13-29/h2-9,16,23-24H,10-15H2,1H3,(H,28,33)/t23-,24-/m1/s1. The van der Waals surface area contributed by atoms with E-state index in [1.807, 2.05) is 61.7 Å². The summed E-state index contributed by atoms with van der Waals surface area (Å²) in [7, 11) is 0. The number of furan rings is 1. The number of aromatic nitrogens is 1. The van der Waals surface area contributed by atoms with E-state index in [0.29, 0.717) is 0 Å². The Morgan fingerprint density at radius 2 is 1.97 bits per heavy atom. The summed E-state index contributed by atoms with van der Waals surface area (Å²) in [4.78, 5) is 9.25. The third-order valence-electron chi connectivity index (χ3n) is 6.33. The van der Waals surface area contributed by atoms with E-state index < -0.39 is 0 Å². The van der Waals surface area contributed by atoms with Gasteiger partial charge in [0.2, 0.25) is 0 Å². The Kier molecular flexibility index (Phi) is 6.64. The maximum absolute atomic E-state index is 6.41. The van der Waals surface area contributed by atoms with Gasteiger partial charge in [-0.3, -0.25) is 9.88 Å². The first-order valence-electron chi connectivity index (χ1n) is 11.2. The molecule has 1 N–H and O–H groups in total.